The monoisotopic (exact) mass is 448 g/mol. The van der Waals surface area contributed by atoms with Crippen molar-refractivity contribution in [3.63, 3.8) is 0 Å². The van der Waals surface area contributed by atoms with Crippen molar-refractivity contribution in [2.45, 2.75) is 69.0 Å². The van der Waals surface area contributed by atoms with E-state index in [4.69, 9.17) is 21.0 Å². The lowest BCUT2D eigenvalue weighted by Gasteiger charge is -2.49. The predicted octanol–water partition coefficient (Wildman–Crippen LogP) is -1.97. The average molecular weight is 448 g/mol. The second kappa shape index (κ2) is 9.60. The number of guanidine groups is 1. The van der Waals surface area contributed by atoms with E-state index in [0.717, 1.165) is 6.92 Å². The number of nitrogens with one attached hydrogen (secondary N) is 3. The molecule has 1 unspecified atom stereocenters. The molecule has 9 N–H and O–H groups in total. The molecule has 0 radical (unpaired) electrons. The van der Waals surface area contributed by atoms with E-state index in [9.17, 15) is 24.5 Å². The number of nitrogens with two attached hydrogens (primary N) is 1. The minimum absolute atomic E-state index is 0.797. The Hall–Kier alpha value is -1.41. The second-order valence-electron chi connectivity index (χ2n) is 6.82. The molecule has 0 spiro atoms. The van der Waals surface area contributed by atoms with E-state index in [1.165, 1.54) is 13.8 Å². The average Bonchev–Trinajstić information content (AvgIpc) is 2.57. The molecule has 0 bridgehead atoms. The summed E-state index contributed by atoms with van der Waals surface area (Å²) in [4.78, 5) is 21.6. The van der Waals surface area contributed by atoms with E-state index in [2.05, 4.69) is 9.84 Å². The third-order valence-electron chi connectivity index (χ3n) is 4.05. The molecule has 8 atom stereocenters. The molecular weight excluding hydrogens is 421 g/mol. The Morgan fingerprint density at radius 3 is 2.34 bits per heavy atom. The third-order valence-corrected chi connectivity index (χ3v) is 5.88. The van der Waals surface area contributed by atoms with Crippen LogP contribution in [0.1, 0.15) is 20.8 Å². The third kappa shape index (κ3) is 5.60. The summed E-state index contributed by atoms with van der Waals surface area (Å²) in [5, 5.41) is 40.5. The van der Waals surface area contributed by atoms with Crippen LogP contribution in [0.15, 0.2) is 0 Å². The Bertz CT molecular complexity index is 659. The SMILES string of the molecule is CC(=O)N[C@@H]1[C@@H](NC(=N)N)[C@@H](F)[C@](F)(P(=O)(O)OC(C)C)O[C@H]1[C@H](O)[C@H](O)CO. The summed E-state index contributed by atoms with van der Waals surface area (Å²) in [6.07, 6.45) is -10.2. The van der Waals surface area contributed by atoms with Crippen LogP contribution in [0.2, 0.25) is 0 Å². The lowest BCUT2D eigenvalue weighted by Crippen LogP contribution is -2.73. The molecule has 0 aromatic heterocycles. The van der Waals surface area contributed by atoms with Gasteiger partial charge in [-0.05, 0) is 13.8 Å². The van der Waals surface area contributed by atoms with Crippen molar-refractivity contribution < 1.29 is 47.6 Å². The maximum Gasteiger partial charge on any atom is 0.395 e. The van der Waals surface area contributed by atoms with Crippen LogP contribution in [0.4, 0.5) is 8.78 Å². The Morgan fingerprint density at radius 1 is 1.38 bits per heavy atom. The Kier molecular flexibility index (Phi) is 8.48. The smallest absolute Gasteiger partial charge is 0.394 e. The molecule has 1 heterocycles. The van der Waals surface area contributed by atoms with Crippen molar-refractivity contribution in [3.05, 3.63) is 0 Å². The van der Waals surface area contributed by atoms with E-state index in [1.807, 2.05) is 5.32 Å². The lowest BCUT2D eigenvalue weighted by molar-refractivity contribution is -0.248. The highest BCUT2D eigenvalue weighted by Gasteiger charge is 2.68. The first-order valence-corrected chi connectivity index (χ1v) is 10.1. The molecule has 1 aliphatic rings. The van der Waals surface area contributed by atoms with Crippen molar-refractivity contribution in [1.29, 1.82) is 5.41 Å². The number of carbonyl (C=O) groups is 1. The van der Waals surface area contributed by atoms with E-state index in [0.29, 0.717) is 0 Å². The molecule has 1 saturated heterocycles. The number of carbonyl (C=O) groups excluding carboxylic acids is 1. The standard InChI is InChI=1S/C14H27F2N4O8P/c1-5(2)28-29(25,26)14(16)12(15)9(20-13(17)18)8(19-6(3)22)11(27-14)10(24)7(23)4-21/h5,7-12,21,23-24H,4H2,1-3H3,(H,19,22)(H,25,26)(H4,17,18,20)/t7-,8-,9-,10-,11-,12-,14-/m1/s1. The van der Waals surface area contributed by atoms with E-state index < -0.39 is 74.3 Å². The number of hydrogen-bond acceptors (Lipinski definition) is 8. The summed E-state index contributed by atoms with van der Waals surface area (Å²) in [7, 11) is -5.53. The Balaban J connectivity index is 3.55. The fourth-order valence-corrected chi connectivity index (χ4v) is 4.32. The topological polar surface area (TPSA) is 207 Å². The molecule has 0 aromatic rings. The van der Waals surface area contributed by atoms with Crippen LogP contribution < -0.4 is 16.4 Å². The van der Waals surface area contributed by atoms with Gasteiger partial charge in [0.05, 0.1) is 24.8 Å². The van der Waals surface area contributed by atoms with E-state index in [-0.39, 0.29) is 0 Å². The minimum Gasteiger partial charge on any atom is -0.394 e. The number of halogens is 2. The summed E-state index contributed by atoms with van der Waals surface area (Å²) in [5.74, 6) is -1.68. The molecule has 0 aromatic carbocycles. The maximum absolute atomic E-state index is 15.5. The van der Waals surface area contributed by atoms with Gasteiger partial charge in [0.2, 0.25) is 5.91 Å². The fraction of sp³-hybridized carbons (Fsp3) is 0.857. The van der Waals surface area contributed by atoms with Crippen molar-refractivity contribution in [3.8, 4) is 0 Å². The normalized spacial score (nSPS) is 34.1. The summed E-state index contributed by atoms with van der Waals surface area (Å²) in [6.45, 7) is 2.52. The van der Waals surface area contributed by atoms with Crippen LogP contribution in [0.25, 0.3) is 0 Å². The molecule has 1 aliphatic heterocycles. The Morgan fingerprint density at radius 2 is 1.93 bits per heavy atom. The number of amides is 1. The number of aliphatic hydroxyl groups is 3. The number of hydrogen-bond donors (Lipinski definition) is 8. The first kappa shape index (κ1) is 25.6. The highest BCUT2D eigenvalue weighted by Crippen LogP contribution is 2.62. The zero-order valence-corrected chi connectivity index (χ0v) is 16.8. The van der Waals surface area contributed by atoms with Crippen LogP contribution in [0.5, 0.6) is 0 Å². The van der Waals surface area contributed by atoms with E-state index >= 15 is 8.78 Å². The van der Waals surface area contributed by atoms with Crippen LogP contribution in [0.3, 0.4) is 0 Å². The van der Waals surface area contributed by atoms with Crippen LogP contribution in [0, 0.1) is 5.41 Å². The molecule has 12 nitrogen and oxygen atoms in total. The zero-order chi connectivity index (χ0) is 22.7. The number of ether oxygens (including phenoxy) is 1. The molecule has 15 heteroatoms. The summed E-state index contributed by atoms with van der Waals surface area (Å²) >= 11 is 0. The highest BCUT2D eigenvalue weighted by molar-refractivity contribution is 7.54. The van der Waals surface area contributed by atoms with Gasteiger partial charge in [-0.1, -0.05) is 0 Å². The predicted molar refractivity (Wildman–Crippen MR) is 95.2 cm³/mol. The van der Waals surface area contributed by atoms with Crippen molar-refractivity contribution in [2.75, 3.05) is 6.61 Å². The second-order valence-corrected chi connectivity index (χ2v) is 8.68. The minimum atomic E-state index is -5.53. The molecule has 170 valence electrons. The fourth-order valence-electron chi connectivity index (χ4n) is 2.88. The van der Waals surface area contributed by atoms with Crippen molar-refractivity contribution in [1.82, 2.24) is 10.6 Å². The van der Waals surface area contributed by atoms with Crippen LogP contribution >= 0.6 is 7.60 Å². The van der Waals surface area contributed by atoms with Gasteiger partial charge in [0.1, 0.15) is 18.3 Å². The molecular formula is C14H27F2N4O8P. The molecule has 0 saturated carbocycles. The van der Waals surface area contributed by atoms with Gasteiger partial charge in [-0.15, -0.1) is 0 Å². The van der Waals surface area contributed by atoms with Gasteiger partial charge in [-0.3, -0.25) is 14.8 Å². The van der Waals surface area contributed by atoms with Gasteiger partial charge in [0, 0.05) is 6.92 Å². The quantitative estimate of drug-likeness (QED) is 0.117. The largest absolute Gasteiger partial charge is 0.395 e. The lowest BCUT2D eigenvalue weighted by atomic mass is 9.89. The number of alkyl halides is 2. The molecule has 0 aliphatic carbocycles. The van der Waals surface area contributed by atoms with Crippen molar-refractivity contribution in [2.24, 2.45) is 5.73 Å². The highest BCUT2D eigenvalue weighted by atomic mass is 31.2. The van der Waals surface area contributed by atoms with Gasteiger partial charge in [0.15, 0.2) is 12.1 Å². The maximum atomic E-state index is 15.5. The van der Waals surface area contributed by atoms with Crippen LogP contribution in [-0.2, 0) is 18.6 Å². The summed E-state index contributed by atoms with van der Waals surface area (Å²) in [6, 6.07) is -3.66. The number of rotatable bonds is 8. The van der Waals surface area contributed by atoms with Gasteiger partial charge in [-0.2, -0.15) is 4.39 Å². The van der Waals surface area contributed by atoms with Gasteiger partial charge < -0.3 is 45.8 Å². The van der Waals surface area contributed by atoms with Gasteiger partial charge in [0.25, 0.3) is 0 Å². The first-order valence-electron chi connectivity index (χ1n) is 8.54. The van der Waals surface area contributed by atoms with Gasteiger partial charge in [-0.25, -0.2) is 4.39 Å². The molecule has 1 rings (SSSR count). The summed E-state index contributed by atoms with van der Waals surface area (Å²) in [5.41, 5.74) is 1.11. The van der Waals surface area contributed by atoms with Crippen molar-refractivity contribution >= 4 is 19.5 Å². The molecule has 1 amide bonds. The Labute approximate surface area is 165 Å². The van der Waals surface area contributed by atoms with Gasteiger partial charge >= 0.3 is 13.2 Å². The zero-order valence-electron chi connectivity index (χ0n) is 16.0. The molecule has 29 heavy (non-hydrogen) atoms. The summed E-state index contributed by atoms with van der Waals surface area (Å²) < 4.78 is 52.6. The first-order chi connectivity index (χ1) is 13.2. The van der Waals surface area contributed by atoms with Crippen LogP contribution in [-0.4, -0.2) is 87.0 Å². The van der Waals surface area contributed by atoms with E-state index in [1.54, 1.807) is 0 Å². The molecule has 1 fully saturated rings. The number of aliphatic hydroxyl groups excluding tert-OH is 3.